The summed E-state index contributed by atoms with van der Waals surface area (Å²) >= 11 is 6.20. The van der Waals surface area contributed by atoms with Crippen molar-refractivity contribution in [1.82, 2.24) is 15.0 Å². The van der Waals surface area contributed by atoms with Gasteiger partial charge in [0.15, 0.2) is 31.2 Å². The molecule has 380 valence electrons. The number of hydrogen-bond donors (Lipinski definition) is 4. The quantitative estimate of drug-likeness (QED) is 0.0397. The van der Waals surface area contributed by atoms with Gasteiger partial charge >= 0.3 is 118 Å². The van der Waals surface area contributed by atoms with Crippen molar-refractivity contribution in [2.75, 3.05) is 10.6 Å². The Labute approximate surface area is 530 Å². The number of nitrogens with zero attached hydrogens (tertiary/aromatic N) is 7. The van der Waals surface area contributed by atoms with E-state index in [9.17, 15) is 78.9 Å². The molecule has 7 rings (SSSR count). The molecule has 0 fully saturated rings. The number of anilines is 4. The summed E-state index contributed by atoms with van der Waals surface area (Å²) in [6.07, 6.45) is 0. The van der Waals surface area contributed by atoms with Gasteiger partial charge in [-0.25, -0.2) is 50.5 Å². The Morgan fingerprint density at radius 3 is 1.08 bits per heavy atom. The second-order valence-electron chi connectivity index (χ2n) is 14.4. The maximum absolute atomic E-state index is 12.5. The largest absolute Gasteiger partial charge is 1.00 e. The first-order valence-corrected chi connectivity index (χ1v) is 28.2. The van der Waals surface area contributed by atoms with Gasteiger partial charge in [0.25, 0.3) is 0 Å². The van der Waals surface area contributed by atoms with Gasteiger partial charge in [0.05, 0.1) is 52.1 Å². The van der Waals surface area contributed by atoms with E-state index < -0.39 is 153 Å². The molecule has 0 aliphatic heterocycles. The second kappa shape index (κ2) is 25.6. The van der Waals surface area contributed by atoms with Crippen LogP contribution in [0.25, 0.3) is 21.5 Å². The van der Waals surface area contributed by atoms with Gasteiger partial charge in [0, 0.05) is 21.6 Å². The van der Waals surface area contributed by atoms with Crippen LogP contribution in [0.15, 0.2) is 159 Å². The zero-order chi connectivity index (χ0) is 53.8. The minimum atomic E-state index is -5.62. The van der Waals surface area contributed by atoms with E-state index in [0.717, 1.165) is 48.5 Å². The van der Waals surface area contributed by atoms with E-state index in [0.29, 0.717) is 47.2 Å². The molecule has 77 heavy (non-hydrogen) atoms. The van der Waals surface area contributed by atoms with Gasteiger partial charge in [-0.05, 0) is 107 Å². The molecular weight excluding hydrogens is 1200 g/mol. The second-order valence-corrected chi connectivity index (χ2v) is 24.0. The number of halogens is 1. The molecule has 0 saturated heterocycles. The van der Waals surface area contributed by atoms with Crippen molar-refractivity contribution in [2.24, 2.45) is 20.5 Å². The van der Waals surface area contributed by atoms with E-state index in [1.807, 2.05) is 0 Å². The predicted octanol–water partition coefficient (Wildman–Crippen LogP) is -5.97. The molecule has 0 radical (unpaired) electrons. The van der Waals surface area contributed by atoms with Crippen LogP contribution < -0.4 is 129 Å². The van der Waals surface area contributed by atoms with E-state index in [-0.39, 0.29) is 139 Å². The summed E-state index contributed by atoms with van der Waals surface area (Å²) in [5.41, 5.74) is -3.69. The van der Waals surface area contributed by atoms with Gasteiger partial charge < -0.3 is 39.1 Å². The van der Waals surface area contributed by atoms with E-state index in [2.05, 4.69) is 59.2 Å². The van der Waals surface area contributed by atoms with Crippen LogP contribution in [0.3, 0.4) is 0 Å². The molecular formula is C39H24ClN9Na4O18S6. The number of fused-ring (bicyclic) bond motifs is 2. The van der Waals surface area contributed by atoms with E-state index in [1.165, 1.54) is 0 Å². The third kappa shape index (κ3) is 15.5. The fourth-order valence-corrected chi connectivity index (χ4v) is 10.4. The van der Waals surface area contributed by atoms with Gasteiger partial charge in [-0.2, -0.15) is 25.2 Å². The smallest absolute Gasteiger partial charge is 0.744 e. The van der Waals surface area contributed by atoms with E-state index in [4.69, 9.17) is 11.6 Å². The molecule has 1 heterocycles. The Balaban J connectivity index is 0.00000390. The Morgan fingerprint density at radius 1 is 0.468 bits per heavy atom. The Bertz CT molecular complexity index is 4050. The summed E-state index contributed by atoms with van der Waals surface area (Å²) in [4.78, 5) is 6.49. The summed E-state index contributed by atoms with van der Waals surface area (Å²) in [6.45, 7) is 6.42. The molecule has 0 saturated carbocycles. The zero-order valence-corrected chi connectivity index (χ0v) is 53.2. The molecule has 0 bridgehead atoms. The number of azo groups is 2. The monoisotopic (exact) mass is 1220 g/mol. The number of benzene rings is 6. The minimum Gasteiger partial charge on any atom is -0.744 e. The molecule has 0 aliphatic rings. The molecule has 27 nitrogen and oxygen atoms in total. The number of hydrogen-bond acceptors (Lipinski definition) is 27. The summed E-state index contributed by atoms with van der Waals surface area (Å²) in [6, 6.07) is 12.2. The van der Waals surface area contributed by atoms with Gasteiger partial charge in [-0.3, -0.25) is 0 Å². The summed E-state index contributed by atoms with van der Waals surface area (Å²) in [5.74, 6) is -3.88. The maximum Gasteiger partial charge on any atom is 1.00 e. The Hall–Kier alpha value is -3.44. The SMILES string of the molecule is C=CS(=O)(=O)c1ccc(N=Nc2c(S(=O)(=O)[O-])cc3cc(S(=O)(=O)[O-])cc(Nc4nc(Cl)nc(Nc5cc(S(=O)(=O)[O-])cc6cc(S(=O)(=O)[O-])c(N=Nc7ccc(S(=O)(=O)C=C)cc7)c(O)c56)n4)c3c2O)cc1.[Na+].[Na+].[Na+].[Na+]. The molecule has 38 heteroatoms. The number of rotatable bonds is 16. The van der Waals surface area contributed by atoms with Crippen LogP contribution in [-0.4, -0.2) is 93.9 Å². The van der Waals surface area contributed by atoms with Crippen LogP contribution in [0.1, 0.15) is 0 Å². The topological polar surface area (TPSA) is 450 Å². The number of phenolic OH excluding ortho intramolecular Hbond substituents is 2. The molecule has 6 aromatic carbocycles. The molecule has 7 aromatic rings. The van der Waals surface area contributed by atoms with Crippen LogP contribution in [-0.2, 0) is 60.1 Å². The average Bonchev–Trinajstić information content (AvgIpc) is 3.29. The first-order chi connectivity index (χ1) is 33.8. The Kier molecular flexibility index (Phi) is 22.5. The van der Waals surface area contributed by atoms with Crippen molar-refractivity contribution in [1.29, 1.82) is 0 Å². The molecule has 0 unspecified atom stereocenters. The third-order valence-corrected chi connectivity index (χ3v) is 16.0. The molecule has 4 N–H and O–H groups in total. The minimum absolute atomic E-state index is 0. The number of aromatic nitrogens is 3. The molecule has 1 aromatic heterocycles. The molecule has 0 aliphatic carbocycles. The van der Waals surface area contributed by atoms with Gasteiger partial charge in [-0.1, -0.05) is 13.2 Å². The van der Waals surface area contributed by atoms with Crippen LogP contribution in [0, 0.1) is 0 Å². The van der Waals surface area contributed by atoms with Crippen LogP contribution in [0.4, 0.5) is 46.0 Å². The standard InChI is InChI=1S/C39H28ClN9O18S6.4Na/c1-3-68(52,53)23-9-5-21(6-10-23)46-48-33-29(72(62,63)64)15-19-13-25(70(56,57)58)17-27(31(19)35(33)50)41-38-43-37(40)44-39(45-38)42-28-18-26(71(59,60)61)14-20-16-30(73(65,66)67)34(36(51)32(20)28)49-47-22-7-11-24(12-8-22)69(54,55)4-2;;;;/h3-18,50-51H,1-2H2,(H,56,57,58)(H,59,60,61)(H,62,63,64)(H,65,66,67)(H2,41,42,43,44,45);;;;/q;4*+1/p-4. The Morgan fingerprint density at radius 2 is 0.792 bits per heavy atom. The van der Waals surface area contributed by atoms with E-state index in [1.54, 1.807) is 0 Å². The van der Waals surface area contributed by atoms with Crippen LogP contribution in [0.2, 0.25) is 5.28 Å². The summed E-state index contributed by atoms with van der Waals surface area (Å²) in [5, 5.41) is 41.2. The van der Waals surface area contributed by atoms with Gasteiger partial charge in [-0.15, -0.1) is 10.2 Å². The third-order valence-electron chi connectivity index (χ3n) is 9.76. The number of nitrogens with one attached hydrogen (secondary N) is 2. The zero-order valence-electron chi connectivity index (χ0n) is 39.5. The van der Waals surface area contributed by atoms with Gasteiger partial charge in [0.1, 0.15) is 51.8 Å². The van der Waals surface area contributed by atoms with E-state index >= 15 is 0 Å². The van der Waals surface area contributed by atoms with Crippen molar-refractivity contribution >= 4 is 139 Å². The normalized spacial score (nSPS) is 12.3. The molecule has 0 spiro atoms. The van der Waals surface area contributed by atoms with Crippen molar-refractivity contribution in [3.63, 3.8) is 0 Å². The first kappa shape index (κ1) is 67.8. The van der Waals surface area contributed by atoms with Crippen molar-refractivity contribution in [3.05, 3.63) is 114 Å². The number of sulfone groups is 2. The molecule has 0 amide bonds. The molecule has 0 atom stereocenters. The fourth-order valence-electron chi connectivity index (χ4n) is 6.50. The fraction of sp³-hybridized carbons (Fsp3) is 0. The summed E-state index contributed by atoms with van der Waals surface area (Å²) < 4.78 is 198. The number of phenols is 2. The maximum atomic E-state index is 12.5. The predicted molar refractivity (Wildman–Crippen MR) is 250 cm³/mol. The van der Waals surface area contributed by atoms with Crippen molar-refractivity contribution in [3.8, 4) is 11.5 Å². The number of aromatic hydroxyl groups is 2. The summed E-state index contributed by atoms with van der Waals surface area (Å²) in [7, 11) is -30.0. The van der Waals surface area contributed by atoms with Gasteiger partial charge in [0.2, 0.25) is 17.2 Å². The van der Waals surface area contributed by atoms with Crippen molar-refractivity contribution < 1.29 is 197 Å². The van der Waals surface area contributed by atoms with Crippen molar-refractivity contribution in [2.45, 2.75) is 29.4 Å². The average molecular weight is 1230 g/mol. The van der Waals surface area contributed by atoms with Crippen LogP contribution >= 0.6 is 11.6 Å². The first-order valence-electron chi connectivity index (χ1n) is 19.1. The van der Waals surface area contributed by atoms with Crippen LogP contribution in [0.5, 0.6) is 11.5 Å².